The van der Waals surface area contributed by atoms with E-state index in [1.165, 1.54) is 0 Å². The number of carbonyl (C=O) groups is 1. The van der Waals surface area contributed by atoms with Crippen molar-refractivity contribution in [2.24, 2.45) is 5.92 Å². The Balaban J connectivity index is 1.33. The number of hydrogen-bond donors (Lipinski definition) is 2. The van der Waals surface area contributed by atoms with Crippen LogP contribution in [0.1, 0.15) is 17.5 Å². The molecule has 4 aromatic rings. The average Bonchev–Trinajstić information content (AvgIpc) is 3.52. The van der Waals surface area contributed by atoms with E-state index < -0.39 is 0 Å². The second-order valence-electron chi connectivity index (χ2n) is 8.19. The van der Waals surface area contributed by atoms with Gasteiger partial charge in [0.05, 0.1) is 28.9 Å². The Morgan fingerprint density at radius 1 is 1.15 bits per heavy atom. The number of fused-ring (bicyclic) bond motifs is 1. The maximum Gasteiger partial charge on any atom is 0.225 e. The molecule has 0 bridgehead atoms. The Labute approximate surface area is 210 Å². The van der Waals surface area contributed by atoms with Gasteiger partial charge in [-0.3, -0.25) is 4.79 Å². The molecule has 34 heavy (non-hydrogen) atoms. The molecule has 9 heteroatoms. The third-order valence-electron chi connectivity index (χ3n) is 5.81. The molecule has 2 aromatic carbocycles. The highest BCUT2D eigenvalue weighted by molar-refractivity contribution is 9.10. The van der Waals surface area contributed by atoms with E-state index in [4.69, 9.17) is 21.3 Å². The summed E-state index contributed by atoms with van der Waals surface area (Å²) in [6.07, 6.45) is 2.51. The van der Waals surface area contributed by atoms with Crippen LogP contribution in [0.3, 0.4) is 0 Å². The first-order valence-electron chi connectivity index (χ1n) is 11.0. The summed E-state index contributed by atoms with van der Waals surface area (Å²) in [6.45, 7) is 2.24. The number of amides is 1. The Morgan fingerprint density at radius 3 is 2.76 bits per heavy atom. The largest absolute Gasteiger partial charge is 0.381 e. The van der Waals surface area contributed by atoms with Crippen molar-refractivity contribution >= 4 is 44.9 Å². The molecule has 1 unspecified atom stereocenters. The molecule has 7 nitrogen and oxygen atoms in total. The minimum Gasteiger partial charge on any atom is -0.381 e. The molecule has 2 aromatic heterocycles. The number of halogens is 2. The van der Waals surface area contributed by atoms with E-state index in [9.17, 15) is 4.79 Å². The maximum atomic E-state index is 12.3. The van der Waals surface area contributed by atoms with Crippen molar-refractivity contribution in [2.45, 2.75) is 19.5 Å². The number of benzene rings is 2. The first-order chi connectivity index (χ1) is 16.6. The summed E-state index contributed by atoms with van der Waals surface area (Å²) in [5.74, 6) is 0.807. The summed E-state index contributed by atoms with van der Waals surface area (Å²) in [5.41, 5.74) is 4.45. The fourth-order valence-corrected chi connectivity index (χ4v) is 4.57. The van der Waals surface area contributed by atoms with Gasteiger partial charge in [-0.1, -0.05) is 54.1 Å². The van der Waals surface area contributed by atoms with Crippen LogP contribution in [-0.2, 0) is 22.6 Å². The normalized spacial score (nSPS) is 15.5. The summed E-state index contributed by atoms with van der Waals surface area (Å²) in [5, 5.41) is 11.6. The number of rotatable bonds is 7. The lowest BCUT2D eigenvalue weighted by atomic mass is 10.1. The highest BCUT2D eigenvalue weighted by atomic mass is 79.9. The molecular weight excluding hydrogens is 518 g/mol. The van der Waals surface area contributed by atoms with Gasteiger partial charge in [0.2, 0.25) is 5.91 Å². The van der Waals surface area contributed by atoms with E-state index in [1.54, 1.807) is 10.7 Å². The summed E-state index contributed by atoms with van der Waals surface area (Å²) >= 11 is 9.96. The molecule has 1 amide bonds. The topological polar surface area (TPSA) is 80.5 Å². The average molecular weight is 541 g/mol. The van der Waals surface area contributed by atoms with Gasteiger partial charge in [0.15, 0.2) is 5.65 Å². The van der Waals surface area contributed by atoms with Crippen molar-refractivity contribution in [3.05, 3.63) is 81.4 Å². The van der Waals surface area contributed by atoms with Gasteiger partial charge in [-0.2, -0.15) is 9.61 Å². The van der Waals surface area contributed by atoms with Crippen LogP contribution < -0.4 is 10.6 Å². The standard InChI is InChI=1S/C25H23BrClN5O2/c26-20-14-30-32-23(11-22(31-24(20)32)19-6-1-2-7-21(19)27)28-12-16-4-3-5-17(10-16)13-29-25(33)18-8-9-34-15-18/h1-7,10-11,14,18,28H,8-9,12-13,15H2,(H,29,33). The van der Waals surface area contributed by atoms with Gasteiger partial charge in [-0.25, -0.2) is 4.98 Å². The molecule has 0 aliphatic carbocycles. The lowest BCUT2D eigenvalue weighted by Gasteiger charge is -2.13. The van der Waals surface area contributed by atoms with Gasteiger partial charge in [-0.15, -0.1) is 0 Å². The van der Waals surface area contributed by atoms with Gasteiger partial charge in [-0.05, 0) is 39.5 Å². The highest BCUT2D eigenvalue weighted by Crippen LogP contribution is 2.30. The van der Waals surface area contributed by atoms with Gasteiger partial charge >= 0.3 is 0 Å². The van der Waals surface area contributed by atoms with Crippen LogP contribution in [0.2, 0.25) is 5.02 Å². The number of aromatic nitrogens is 3. The number of hydrogen-bond acceptors (Lipinski definition) is 5. The van der Waals surface area contributed by atoms with Crippen molar-refractivity contribution in [1.82, 2.24) is 19.9 Å². The van der Waals surface area contributed by atoms with Crippen molar-refractivity contribution in [3.63, 3.8) is 0 Å². The van der Waals surface area contributed by atoms with E-state index >= 15 is 0 Å². The predicted octanol–water partition coefficient (Wildman–Crippen LogP) is 5.08. The Kier molecular flexibility index (Phi) is 6.80. The van der Waals surface area contributed by atoms with Crippen LogP contribution in [0.5, 0.6) is 0 Å². The van der Waals surface area contributed by atoms with Crippen LogP contribution in [0.4, 0.5) is 5.82 Å². The molecule has 1 fully saturated rings. The molecular formula is C25H23BrClN5O2. The van der Waals surface area contributed by atoms with Crippen LogP contribution in [0.25, 0.3) is 16.9 Å². The van der Waals surface area contributed by atoms with Gasteiger partial charge in [0.1, 0.15) is 5.82 Å². The molecule has 1 aliphatic rings. The van der Waals surface area contributed by atoms with Crippen LogP contribution in [-0.4, -0.2) is 33.7 Å². The quantitative estimate of drug-likeness (QED) is 0.342. The second kappa shape index (κ2) is 10.1. The SMILES string of the molecule is O=C(NCc1cccc(CNc2cc(-c3ccccc3Cl)nc3c(Br)cnn23)c1)C1CCOC1. The molecule has 0 spiro atoms. The minimum atomic E-state index is -0.0420. The summed E-state index contributed by atoms with van der Waals surface area (Å²) < 4.78 is 7.87. The Morgan fingerprint density at radius 2 is 1.97 bits per heavy atom. The molecule has 5 rings (SSSR count). The van der Waals surface area contributed by atoms with Crippen LogP contribution >= 0.6 is 27.5 Å². The lowest BCUT2D eigenvalue weighted by Crippen LogP contribution is -2.30. The van der Waals surface area contributed by atoms with Gasteiger partial charge < -0.3 is 15.4 Å². The Bertz CT molecular complexity index is 1340. The lowest BCUT2D eigenvalue weighted by molar-refractivity contribution is -0.125. The number of anilines is 1. The summed E-state index contributed by atoms with van der Waals surface area (Å²) in [6, 6.07) is 17.7. The molecule has 1 saturated heterocycles. The monoisotopic (exact) mass is 539 g/mol. The summed E-state index contributed by atoms with van der Waals surface area (Å²) in [7, 11) is 0. The van der Waals surface area contributed by atoms with Crippen molar-refractivity contribution in [2.75, 3.05) is 18.5 Å². The van der Waals surface area contributed by atoms with E-state index in [0.29, 0.717) is 37.0 Å². The predicted molar refractivity (Wildman–Crippen MR) is 136 cm³/mol. The molecule has 0 radical (unpaired) electrons. The number of nitrogens with zero attached hydrogens (tertiary/aromatic N) is 3. The fourth-order valence-electron chi connectivity index (χ4n) is 3.99. The molecule has 1 atom stereocenters. The zero-order valence-electron chi connectivity index (χ0n) is 18.3. The maximum absolute atomic E-state index is 12.3. The van der Waals surface area contributed by atoms with Gasteiger partial charge in [0.25, 0.3) is 0 Å². The van der Waals surface area contributed by atoms with Crippen LogP contribution in [0, 0.1) is 5.92 Å². The van der Waals surface area contributed by atoms with Crippen LogP contribution in [0.15, 0.2) is 65.3 Å². The second-order valence-corrected chi connectivity index (χ2v) is 9.45. The van der Waals surface area contributed by atoms with Crippen molar-refractivity contribution < 1.29 is 9.53 Å². The summed E-state index contributed by atoms with van der Waals surface area (Å²) in [4.78, 5) is 17.0. The number of nitrogens with one attached hydrogen (secondary N) is 2. The Hall–Kier alpha value is -2.94. The first-order valence-corrected chi connectivity index (χ1v) is 12.2. The van der Waals surface area contributed by atoms with E-state index in [0.717, 1.165) is 39.1 Å². The molecule has 3 heterocycles. The van der Waals surface area contributed by atoms with Crippen molar-refractivity contribution in [1.29, 1.82) is 0 Å². The fraction of sp³-hybridized carbons (Fsp3) is 0.240. The molecule has 0 saturated carbocycles. The number of carbonyl (C=O) groups excluding carboxylic acids is 1. The van der Waals surface area contributed by atoms with Crippen molar-refractivity contribution in [3.8, 4) is 11.3 Å². The first kappa shape index (κ1) is 22.8. The number of ether oxygens (including phenoxy) is 1. The zero-order valence-corrected chi connectivity index (χ0v) is 20.6. The van der Waals surface area contributed by atoms with E-state index in [1.807, 2.05) is 42.5 Å². The highest BCUT2D eigenvalue weighted by Gasteiger charge is 2.23. The van der Waals surface area contributed by atoms with E-state index in [2.05, 4.69) is 43.8 Å². The molecule has 174 valence electrons. The smallest absolute Gasteiger partial charge is 0.225 e. The van der Waals surface area contributed by atoms with E-state index in [-0.39, 0.29) is 11.8 Å². The molecule has 2 N–H and O–H groups in total. The zero-order chi connectivity index (χ0) is 23.5. The third-order valence-corrected chi connectivity index (χ3v) is 6.70. The third kappa shape index (κ3) is 4.94. The molecule has 1 aliphatic heterocycles. The van der Waals surface area contributed by atoms with Gasteiger partial charge in [0, 0.05) is 36.3 Å². The minimum absolute atomic E-state index is 0.0420.